The standard InChI is InChI=1S/C5H9N3/c1-4-3-7-5(6-2)8-4/h3H2,1-2H3,(H,6,7). The molecule has 0 unspecified atom stereocenters. The Morgan fingerprint density at radius 2 is 2.50 bits per heavy atom. The molecule has 44 valence electrons. The number of aliphatic imine (C=N–C) groups is 2. The van der Waals surface area contributed by atoms with Crippen LogP contribution in [-0.4, -0.2) is 25.3 Å². The molecule has 0 spiro atoms. The summed E-state index contributed by atoms with van der Waals surface area (Å²) in [5.74, 6) is 0.752. The van der Waals surface area contributed by atoms with Crippen molar-refractivity contribution < 1.29 is 0 Å². The molecule has 3 heteroatoms. The minimum Gasteiger partial charge on any atom is -0.349 e. The van der Waals surface area contributed by atoms with Gasteiger partial charge in [0.25, 0.3) is 0 Å². The van der Waals surface area contributed by atoms with Crippen LogP contribution in [-0.2, 0) is 0 Å². The largest absolute Gasteiger partial charge is 0.349 e. The van der Waals surface area contributed by atoms with Gasteiger partial charge in [0.1, 0.15) is 0 Å². The summed E-state index contributed by atoms with van der Waals surface area (Å²) in [7, 11) is 1.73. The number of nitrogens with zero attached hydrogens (tertiary/aromatic N) is 2. The topological polar surface area (TPSA) is 36.8 Å². The van der Waals surface area contributed by atoms with Gasteiger partial charge in [-0.05, 0) is 6.92 Å². The van der Waals surface area contributed by atoms with Gasteiger partial charge in [0.15, 0.2) is 0 Å². The molecule has 0 saturated heterocycles. The van der Waals surface area contributed by atoms with Crippen LogP contribution in [0.25, 0.3) is 0 Å². The molecule has 1 N–H and O–H groups in total. The number of guanidine groups is 1. The van der Waals surface area contributed by atoms with Gasteiger partial charge in [0.05, 0.1) is 6.54 Å². The lowest BCUT2D eigenvalue weighted by Crippen LogP contribution is -2.16. The van der Waals surface area contributed by atoms with Gasteiger partial charge in [-0.2, -0.15) is 0 Å². The molecular weight excluding hydrogens is 102 g/mol. The zero-order valence-electron chi connectivity index (χ0n) is 5.10. The zero-order chi connectivity index (χ0) is 5.98. The Hall–Kier alpha value is -0.860. The Morgan fingerprint density at radius 1 is 1.75 bits per heavy atom. The molecule has 0 aromatic rings. The van der Waals surface area contributed by atoms with Crippen LogP contribution < -0.4 is 5.32 Å². The molecule has 8 heavy (non-hydrogen) atoms. The molecule has 1 aliphatic heterocycles. The summed E-state index contributed by atoms with van der Waals surface area (Å²) in [4.78, 5) is 7.92. The predicted octanol–water partition coefficient (Wildman–Crippen LogP) is 0.0363. The van der Waals surface area contributed by atoms with Gasteiger partial charge in [0, 0.05) is 12.8 Å². The summed E-state index contributed by atoms with van der Waals surface area (Å²) in [5.41, 5.74) is 1.10. The second kappa shape index (κ2) is 1.94. The molecule has 0 aromatic carbocycles. The first-order valence-electron chi connectivity index (χ1n) is 2.58. The summed E-state index contributed by atoms with van der Waals surface area (Å²) in [6.45, 7) is 2.83. The molecule has 0 saturated carbocycles. The SMILES string of the molecule is CN=C1N=C(C)CN1. The molecule has 1 heterocycles. The van der Waals surface area contributed by atoms with Crippen molar-refractivity contribution >= 4 is 11.7 Å². The highest BCUT2D eigenvalue weighted by Gasteiger charge is 2.03. The number of nitrogens with one attached hydrogen (secondary N) is 1. The highest BCUT2D eigenvalue weighted by atomic mass is 15.2. The first-order valence-corrected chi connectivity index (χ1v) is 2.58. The van der Waals surface area contributed by atoms with E-state index in [4.69, 9.17) is 0 Å². The first kappa shape index (κ1) is 5.28. The minimum absolute atomic E-state index is 0.752. The third kappa shape index (κ3) is 0.857. The van der Waals surface area contributed by atoms with Crippen molar-refractivity contribution in [2.75, 3.05) is 13.6 Å². The quantitative estimate of drug-likeness (QED) is 0.470. The number of rotatable bonds is 0. The maximum Gasteiger partial charge on any atom is 0.217 e. The van der Waals surface area contributed by atoms with Gasteiger partial charge < -0.3 is 5.32 Å². The lowest BCUT2D eigenvalue weighted by atomic mass is 10.4. The molecule has 3 nitrogen and oxygen atoms in total. The number of hydrogen-bond donors (Lipinski definition) is 1. The van der Waals surface area contributed by atoms with E-state index >= 15 is 0 Å². The second-order valence-corrected chi connectivity index (χ2v) is 1.75. The van der Waals surface area contributed by atoms with Crippen molar-refractivity contribution in [3.05, 3.63) is 0 Å². The van der Waals surface area contributed by atoms with E-state index in [1.54, 1.807) is 7.05 Å². The normalized spacial score (nSPS) is 23.2. The van der Waals surface area contributed by atoms with Crippen LogP contribution in [0.1, 0.15) is 6.92 Å². The fourth-order valence-corrected chi connectivity index (χ4v) is 0.596. The fraction of sp³-hybridized carbons (Fsp3) is 0.600. The lowest BCUT2D eigenvalue weighted by molar-refractivity contribution is 1.10. The molecular formula is C5H9N3. The smallest absolute Gasteiger partial charge is 0.217 e. The molecule has 0 aromatic heterocycles. The summed E-state index contributed by atoms with van der Waals surface area (Å²) >= 11 is 0. The molecule has 0 aliphatic carbocycles. The third-order valence-corrected chi connectivity index (χ3v) is 1.01. The Balaban J connectivity index is 2.67. The van der Waals surface area contributed by atoms with Crippen LogP contribution >= 0.6 is 0 Å². The van der Waals surface area contributed by atoms with Crippen LogP contribution in [0.5, 0.6) is 0 Å². The van der Waals surface area contributed by atoms with E-state index in [9.17, 15) is 0 Å². The van der Waals surface area contributed by atoms with Crippen molar-refractivity contribution in [2.45, 2.75) is 6.92 Å². The van der Waals surface area contributed by atoms with Crippen molar-refractivity contribution in [3.8, 4) is 0 Å². The first-order chi connectivity index (χ1) is 3.83. The van der Waals surface area contributed by atoms with Crippen LogP contribution in [0.15, 0.2) is 9.98 Å². The molecule has 0 fully saturated rings. The highest BCUT2D eigenvalue weighted by Crippen LogP contribution is 1.87. The maximum absolute atomic E-state index is 4.06. The maximum atomic E-state index is 4.06. The molecule has 0 atom stereocenters. The lowest BCUT2D eigenvalue weighted by Gasteiger charge is -1.87. The Bertz CT molecular complexity index is 146. The van der Waals surface area contributed by atoms with E-state index in [0.717, 1.165) is 18.2 Å². The van der Waals surface area contributed by atoms with Crippen molar-refractivity contribution in [1.82, 2.24) is 5.32 Å². The van der Waals surface area contributed by atoms with E-state index in [-0.39, 0.29) is 0 Å². The zero-order valence-corrected chi connectivity index (χ0v) is 5.10. The summed E-state index contributed by atoms with van der Waals surface area (Å²) in [6.07, 6.45) is 0. The van der Waals surface area contributed by atoms with E-state index in [1.807, 2.05) is 6.92 Å². The number of hydrogen-bond acceptors (Lipinski definition) is 1. The van der Waals surface area contributed by atoms with Crippen LogP contribution in [0, 0.1) is 0 Å². The van der Waals surface area contributed by atoms with Crippen molar-refractivity contribution in [2.24, 2.45) is 9.98 Å². The van der Waals surface area contributed by atoms with E-state index in [0.29, 0.717) is 0 Å². The monoisotopic (exact) mass is 111 g/mol. The van der Waals surface area contributed by atoms with Gasteiger partial charge in [-0.3, -0.25) is 4.99 Å². The molecule has 0 amide bonds. The van der Waals surface area contributed by atoms with Gasteiger partial charge in [-0.1, -0.05) is 0 Å². The van der Waals surface area contributed by atoms with Gasteiger partial charge in [0.2, 0.25) is 5.96 Å². The fourth-order valence-electron chi connectivity index (χ4n) is 0.596. The highest BCUT2D eigenvalue weighted by molar-refractivity contribution is 6.03. The Labute approximate surface area is 48.5 Å². The third-order valence-electron chi connectivity index (χ3n) is 1.01. The van der Waals surface area contributed by atoms with Crippen LogP contribution in [0.2, 0.25) is 0 Å². The van der Waals surface area contributed by atoms with Gasteiger partial charge in [-0.15, -0.1) is 0 Å². The molecule has 0 bridgehead atoms. The van der Waals surface area contributed by atoms with Crippen molar-refractivity contribution in [3.63, 3.8) is 0 Å². The Morgan fingerprint density at radius 3 is 2.75 bits per heavy atom. The van der Waals surface area contributed by atoms with Gasteiger partial charge >= 0.3 is 0 Å². The van der Waals surface area contributed by atoms with Crippen molar-refractivity contribution in [1.29, 1.82) is 0 Å². The predicted molar refractivity (Wildman–Crippen MR) is 34.5 cm³/mol. The molecule has 1 aliphatic rings. The van der Waals surface area contributed by atoms with E-state index < -0.39 is 0 Å². The summed E-state index contributed by atoms with van der Waals surface area (Å²) in [5, 5.41) is 3.00. The van der Waals surface area contributed by atoms with Crippen LogP contribution in [0.4, 0.5) is 0 Å². The molecule has 1 rings (SSSR count). The van der Waals surface area contributed by atoms with E-state index in [2.05, 4.69) is 15.3 Å². The van der Waals surface area contributed by atoms with Gasteiger partial charge in [-0.25, -0.2) is 4.99 Å². The average Bonchev–Trinajstić information content (AvgIpc) is 2.14. The summed E-state index contributed by atoms with van der Waals surface area (Å²) in [6, 6.07) is 0. The van der Waals surface area contributed by atoms with E-state index in [1.165, 1.54) is 0 Å². The summed E-state index contributed by atoms with van der Waals surface area (Å²) < 4.78 is 0. The Kier molecular flexibility index (Phi) is 1.28. The minimum atomic E-state index is 0.752. The second-order valence-electron chi connectivity index (χ2n) is 1.75. The molecule has 0 radical (unpaired) electrons. The van der Waals surface area contributed by atoms with Crippen LogP contribution in [0.3, 0.4) is 0 Å². The average molecular weight is 111 g/mol.